The molecule has 0 saturated carbocycles. The summed E-state index contributed by atoms with van der Waals surface area (Å²) in [4.78, 5) is 40.5. The molecule has 0 fully saturated rings. The van der Waals surface area contributed by atoms with Gasteiger partial charge < -0.3 is 10.2 Å². The molecule has 0 aliphatic carbocycles. The van der Waals surface area contributed by atoms with Gasteiger partial charge in [-0.2, -0.15) is 0 Å². The Labute approximate surface area is 206 Å². The molecule has 0 aromatic heterocycles. The van der Waals surface area contributed by atoms with E-state index in [4.69, 9.17) is 0 Å². The number of carbonyl (C=O) groups is 2. The van der Waals surface area contributed by atoms with Crippen LogP contribution in [0.5, 0.6) is 0 Å². The predicted molar refractivity (Wildman–Crippen MR) is 132 cm³/mol. The monoisotopic (exact) mass is 480 g/mol. The highest BCUT2D eigenvalue weighted by Crippen LogP contribution is 2.43. The van der Waals surface area contributed by atoms with Gasteiger partial charge in [-0.1, -0.05) is 72.5 Å². The van der Waals surface area contributed by atoms with E-state index in [1.165, 1.54) is 18.2 Å². The van der Waals surface area contributed by atoms with Crippen LogP contribution >= 0.6 is 0 Å². The average Bonchev–Trinajstić information content (AvgIpc) is 2.88. The van der Waals surface area contributed by atoms with Crippen LogP contribution in [0, 0.1) is 33.3 Å². The number of nitro benzene ring substituents is 1. The fraction of sp³-hybridized carbons (Fsp3) is 0.107. The van der Waals surface area contributed by atoms with E-state index in [0.717, 1.165) is 6.20 Å². The maximum Gasteiger partial charge on any atom is 0.334 e. The molecular weight excluding hydrogens is 460 g/mol. The number of rotatable bonds is 6. The highest BCUT2D eigenvalue weighted by Gasteiger charge is 2.54. The number of hydrogen-bond acceptors (Lipinski definition) is 5. The van der Waals surface area contributed by atoms with E-state index in [2.05, 4.69) is 16.8 Å². The highest BCUT2D eigenvalue weighted by molar-refractivity contribution is 6.18. The zero-order valence-corrected chi connectivity index (χ0v) is 18.9. The van der Waals surface area contributed by atoms with Gasteiger partial charge in [-0.25, -0.2) is 4.79 Å². The van der Waals surface area contributed by atoms with E-state index in [-0.39, 0.29) is 23.4 Å². The summed E-state index contributed by atoms with van der Waals surface area (Å²) in [6, 6.07) is 23.0. The third kappa shape index (κ3) is 4.63. The van der Waals surface area contributed by atoms with Gasteiger partial charge in [0.2, 0.25) is 0 Å². The quantitative estimate of drug-likeness (QED) is 0.307. The molecule has 1 aliphatic heterocycles. The second kappa shape index (κ2) is 10.1. The number of aliphatic imine (C=N–C) groups is 1. The lowest BCUT2D eigenvalue weighted by molar-refractivity contribution is -0.384. The second-order valence-corrected chi connectivity index (χ2v) is 8.18. The molecule has 1 heterocycles. The van der Waals surface area contributed by atoms with Crippen molar-refractivity contribution in [1.29, 1.82) is 0 Å². The molecule has 8 heteroatoms. The predicted octanol–water partition coefficient (Wildman–Crippen LogP) is 4.35. The van der Waals surface area contributed by atoms with Gasteiger partial charge in [0.25, 0.3) is 5.69 Å². The van der Waals surface area contributed by atoms with Gasteiger partial charge >= 0.3 is 11.9 Å². The topological polar surface area (TPSA) is 130 Å². The summed E-state index contributed by atoms with van der Waals surface area (Å²) in [5.41, 5.74) is -0.888. The van der Waals surface area contributed by atoms with E-state index >= 15 is 0 Å². The van der Waals surface area contributed by atoms with Crippen LogP contribution in [-0.2, 0) is 16.0 Å². The summed E-state index contributed by atoms with van der Waals surface area (Å²) in [6.45, 7) is 0. The number of nitrogens with zero attached hydrogens (tertiary/aromatic N) is 2. The van der Waals surface area contributed by atoms with Gasteiger partial charge in [-0.15, -0.1) is 0 Å². The summed E-state index contributed by atoms with van der Waals surface area (Å²) < 4.78 is 0. The minimum atomic E-state index is -1.94. The summed E-state index contributed by atoms with van der Waals surface area (Å²) >= 11 is 0. The van der Waals surface area contributed by atoms with Gasteiger partial charge in [0.15, 0.2) is 0 Å². The molecule has 3 aromatic carbocycles. The molecule has 0 amide bonds. The number of carboxylic acids is 2. The molecule has 2 unspecified atom stereocenters. The first kappa shape index (κ1) is 24.1. The first-order valence-corrected chi connectivity index (χ1v) is 10.9. The van der Waals surface area contributed by atoms with Crippen molar-refractivity contribution in [2.75, 3.05) is 0 Å². The summed E-state index contributed by atoms with van der Waals surface area (Å²) in [7, 11) is 0. The van der Waals surface area contributed by atoms with Crippen LogP contribution in [-0.4, -0.2) is 32.8 Å². The van der Waals surface area contributed by atoms with Gasteiger partial charge in [-0.3, -0.25) is 19.9 Å². The third-order valence-corrected chi connectivity index (χ3v) is 5.97. The fourth-order valence-corrected chi connectivity index (χ4v) is 4.30. The van der Waals surface area contributed by atoms with Crippen molar-refractivity contribution in [3.05, 3.63) is 124 Å². The second-order valence-electron chi connectivity index (χ2n) is 8.18. The smallest absolute Gasteiger partial charge is 0.334 e. The van der Waals surface area contributed by atoms with Crippen LogP contribution in [0.3, 0.4) is 0 Å². The minimum absolute atomic E-state index is 0.125. The Morgan fingerprint density at radius 3 is 2.25 bits per heavy atom. The Bertz CT molecular complexity index is 1450. The fourth-order valence-electron chi connectivity index (χ4n) is 4.30. The lowest BCUT2D eigenvalue weighted by Gasteiger charge is -2.38. The molecule has 36 heavy (non-hydrogen) atoms. The van der Waals surface area contributed by atoms with Crippen molar-refractivity contribution >= 4 is 23.3 Å². The van der Waals surface area contributed by atoms with E-state index in [0.29, 0.717) is 16.7 Å². The van der Waals surface area contributed by atoms with Crippen molar-refractivity contribution < 1.29 is 24.7 Å². The third-order valence-electron chi connectivity index (χ3n) is 5.97. The molecule has 8 nitrogen and oxygen atoms in total. The Morgan fingerprint density at radius 1 is 0.972 bits per heavy atom. The van der Waals surface area contributed by atoms with Crippen molar-refractivity contribution in [3.63, 3.8) is 0 Å². The first-order valence-electron chi connectivity index (χ1n) is 10.9. The Hall–Kier alpha value is -5.03. The minimum Gasteiger partial charge on any atom is -0.480 e. The van der Waals surface area contributed by atoms with Gasteiger partial charge in [-0.05, 0) is 29.7 Å². The van der Waals surface area contributed by atoms with E-state index in [1.807, 2.05) is 0 Å². The van der Waals surface area contributed by atoms with Gasteiger partial charge in [0.1, 0.15) is 5.41 Å². The summed E-state index contributed by atoms with van der Waals surface area (Å²) in [5, 5.41) is 32.1. The molecule has 2 N–H and O–H groups in total. The molecule has 178 valence electrons. The number of benzene rings is 3. The first-order chi connectivity index (χ1) is 17.3. The number of nitro groups is 1. The molecular formula is C28H20N2O6. The maximum absolute atomic E-state index is 13.2. The largest absolute Gasteiger partial charge is 0.480 e. The van der Waals surface area contributed by atoms with Gasteiger partial charge in [0.05, 0.1) is 22.1 Å². The van der Waals surface area contributed by atoms with E-state index in [9.17, 15) is 29.9 Å². The van der Waals surface area contributed by atoms with Crippen LogP contribution < -0.4 is 0 Å². The van der Waals surface area contributed by atoms with Crippen molar-refractivity contribution in [2.45, 2.75) is 6.42 Å². The standard InChI is InChI=1S/C28H20N2O6/c31-26(32)23-18-29-25(21-11-5-2-6-12-21)28(27(33)34,17-20-10-7-13-22(16-20)30(35)36)24(23)15-14-19-8-3-1-4-9-19/h1-13,16,18,24H,17H2,(H,31,32)(H,33,34). The van der Waals surface area contributed by atoms with Crippen LogP contribution in [0.25, 0.3) is 0 Å². The number of carboxylic acid groups (broad SMARTS) is 2. The molecule has 0 spiro atoms. The molecule has 4 rings (SSSR count). The summed E-state index contributed by atoms with van der Waals surface area (Å²) in [6.07, 6.45) is 0.875. The van der Waals surface area contributed by atoms with Crippen molar-refractivity contribution in [2.24, 2.45) is 16.3 Å². The molecule has 0 bridgehead atoms. The lowest BCUT2D eigenvalue weighted by atomic mass is 9.63. The number of non-ortho nitro benzene ring substituents is 1. The number of hydrogen-bond donors (Lipinski definition) is 2. The Morgan fingerprint density at radius 2 is 1.64 bits per heavy atom. The van der Waals surface area contributed by atoms with Crippen LogP contribution in [0.1, 0.15) is 16.7 Å². The number of aliphatic carboxylic acids is 2. The zero-order chi connectivity index (χ0) is 25.7. The highest BCUT2D eigenvalue weighted by atomic mass is 16.6. The van der Waals surface area contributed by atoms with E-state index < -0.39 is 28.2 Å². The lowest BCUT2D eigenvalue weighted by Crippen LogP contribution is -2.50. The van der Waals surface area contributed by atoms with E-state index in [1.54, 1.807) is 66.7 Å². The van der Waals surface area contributed by atoms with Crippen molar-refractivity contribution in [3.8, 4) is 11.8 Å². The molecule has 0 radical (unpaired) electrons. The normalized spacial score (nSPS) is 18.7. The molecule has 2 atom stereocenters. The van der Waals surface area contributed by atoms with Crippen LogP contribution in [0.2, 0.25) is 0 Å². The molecule has 3 aromatic rings. The molecule has 1 aliphatic rings. The maximum atomic E-state index is 13.2. The SMILES string of the molecule is O=C(O)C1=CN=C(c2ccccc2)C(Cc2cccc([N+](=O)[O-])c2)(C(=O)O)C1C#Cc1ccccc1. The van der Waals surface area contributed by atoms with Crippen LogP contribution in [0.15, 0.2) is 102 Å². The average molecular weight is 480 g/mol. The molecule has 0 saturated heterocycles. The Balaban J connectivity index is 1.98. The zero-order valence-electron chi connectivity index (χ0n) is 18.9. The Kier molecular flexibility index (Phi) is 6.75. The van der Waals surface area contributed by atoms with Crippen LogP contribution in [0.4, 0.5) is 5.69 Å². The van der Waals surface area contributed by atoms with Crippen molar-refractivity contribution in [1.82, 2.24) is 0 Å². The summed E-state index contributed by atoms with van der Waals surface area (Å²) in [5.74, 6) is 1.83. The van der Waals surface area contributed by atoms with Gasteiger partial charge in [0, 0.05) is 23.9 Å².